The van der Waals surface area contributed by atoms with Crippen molar-refractivity contribution in [1.82, 2.24) is 0 Å². The molecule has 0 aliphatic rings. The molecule has 3 rings (SSSR count). The molecule has 0 aliphatic carbocycles. The largest absolute Gasteiger partial charge is 0.492 e. The number of nitrogens with one attached hydrogen (secondary N) is 1. The summed E-state index contributed by atoms with van der Waals surface area (Å²) in [5.41, 5.74) is 3.24. The normalized spacial score (nSPS) is 10.7. The van der Waals surface area contributed by atoms with Gasteiger partial charge in [0.2, 0.25) is 5.91 Å². The molecule has 5 nitrogen and oxygen atoms in total. The van der Waals surface area contributed by atoms with Crippen molar-refractivity contribution >= 4 is 51.4 Å². The molecule has 1 amide bonds. The van der Waals surface area contributed by atoms with E-state index in [-0.39, 0.29) is 18.9 Å². The number of anilines is 1. The van der Waals surface area contributed by atoms with E-state index in [1.54, 1.807) is 25.1 Å². The van der Waals surface area contributed by atoms with Crippen molar-refractivity contribution in [3.8, 4) is 16.9 Å². The predicted molar refractivity (Wildman–Crippen MR) is 135 cm³/mol. The van der Waals surface area contributed by atoms with Gasteiger partial charge in [-0.2, -0.15) is 0 Å². The minimum Gasteiger partial charge on any atom is -0.492 e. The van der Waals surface area contributed by atoms with Crippen LogP contribution < -0.4 is 10.1 Å². The molecule has 8 heteroatoms. The average molecular weight is 506 g/mol. The number of aryl methyl sites for hydroxylation is 1. The van der Waals surface area contributed by atoms with Crippen LogP contribution in [-0.2, 0) is 16.0 Å². The van der Waals surface area contributed by atoms with Gasteiger partial charge in [0, 0.05) is 22.4 Å². The predicted octanol–water partition coefficient (Wildman–Crippen LogP) is 7.26. The standard InChI is InChI=1S/C25H25Cl2NO4S/c1-3-16-7-9-17(10-8-16)19-15-33-24(23(19)25(30)31-4-2)28-22(29)6-5-13-32-21-12-11-18(26)14-20(21)27/h7-12,14-15H,3-6,13H2,1-2H3,(H,28,29). The SMILES string of the molecule is CCOC(=O)c1c(-c2ccc(CC)cc2)csc1NC(=O)CCCOc1ccc(Cl)cc1Cl. The topological polar surface area (TPSA) is 64.6 Å². The summed E-state index contributed by atoms with van der Waals surface area (Å²) in [6, 6.07) is 13.0. The van der Waals surface area contributed by atoms with Crippen molar-refractivity contribution < 1.29 is 19.1 Å². The Morgan fingerprint density at radius 3 is 2.48 bits per heavy atom. The first-order chi connectivity index (χ1) is 15.9. The van der Waals surface area contributed by atoms with Gasteiger partial charge in [0.05, 0.1) is 18.2 Å². The van der Waals surface area contributed by atoms with E-state index < -0.39 is 5.97 Å². The van der Waals surface area contributed by atoms with Gasteiger partial charge in [-0.15, -0.1) is 11.3 Å². The summed E-state index contributed by atoms with van der Waals surface area (Å²) in [4.78, 5) is 25.2. The molecule has 1 aromatic heterocycles. The lowest BCUT2D eigenvalue weighted by Gasteiger charge is -2.10. The van der Waals surface area contributed by atoms with Gasteiger partial charge in [0.15, 0.2) is 0 Å². The molecule has 3 aromatic rings. The van der Waals surface area contributed by atoms with E-state index in [4.69, 9.17) is 32.7 Å². The maximum Gasteiger partial charge on any atom is 0.341 e. The van der Waals surface area contributed by atoms with Crippen LogP contribution in [0.4, 0.5) is 5.00 Å². The summed E-state index contributed by atoms with van der Waals surface area (Å²) < 4.78 is 10.9. The number of esters is 1. The van der Waals surface area contributed by atoms with Crippen LogP contribution in [0.2, 0.25) is 10.0 Å². The second kappa shape index (κ2) is 12.1. The fraction of sp³-hybridized carbons (Fsp3) is 0.280. The molecular weight excluding hydrogens is 481 g/mol. The number of ether oxygens (including phenoxy) is 2. The van der Waals surface area contributed by atoms with Crippen LogP contribution in [0.25, 0.3) is 11.1 Å². The molecule has 0 saturated heterocycles. The van der Waals surface area contributed by atoms with E-state index in [1.807, 2.05) is 29.6 Å². The molecule has 1 N–H and O–H groups in total. The van der Waals surface area contributed by atoms with Gasteiger partial charge in [-0.05, 0) is 49.1 Å². The molecule has 0 aliphatic heterocycles. The van der Waals surface area contributed by atoms with E-state index in [2.05, 4.69) is 12.2 Å². The minimum atomic E-state index is -0.454. The Bertz CT molecular complexity index is 1110. The van der Waals surface area contributed by atoms with Crippen molar-refractivity contribution in [2.24, 2.45) is 0 Å². The third-order valence-corrected chi connectivity index (χ3v) is 6.32. The Morgan fingerprint density at radius 1 is 1.06 bits per heavy atom. The zero-order valence-electron chi connectivity index (χ0n) is 18.5. The summed E-state index contributed by atoms with van der Waals surface area (Å²) >= 11 is 13.3. The Labute approximate surface area is 207 Å². The highest BCUT2D eigenvalue weighted by atomic mass is 35.5. The Morgan fingerprint density at radius 2 is 1.82 bits per heavy atom. The van der Waals surface area contributed by atoms with Gasteiger partial charge in [-0.25, -0.2) is 4.79 Å². The average Bonchev–Trinajstić information content (AvgIpc) is 3.21. The van der Waals surface area contributed by atoms with Gasteiger partial charge in [-0.1, -0.05) is 54.4 Å². The first-order valence-corrected chi connectivity index (χ1v) is 12.3. The van der Waals surface area contributed by atoms with Gasteiger partial charge in [0.25, 0.3) is 0 Å². The number of thiophene rings is 1. The molecule has 33 heavy (non-hydrogen) atoms. The first kappa shape index (κ1) is 25.1. The van der Waals surface area contributed by atoms with Gasteiger partial charge >= 0.3 is 5.97 Å². The van der Waals surface area contributed by atoms with Crippen LogP contribution in [0, 0.1) is 0 Å². The zero-order valence-corrected chi connectivity index (χ0v) is 20.8. The molecule has 0 radical (unpaired) electrons. The highest BCUT2D eigenvalue weighted by molar-refractivity contribution is 7.15. The lowest BCUT2D eigenvalue weighted by Crippen LogP contribution is -2.15. The molecule has 0 saturated carbocycles. The van der Waals surface area contributed by atoms with Crippen molar-refractivity contribution in [1.29, 1.82) is 0 Å². The van der Waals surface area contributed by atoms with Gasteiger partial charge in [0.1, 0.15) is 16.3 Å². The quantitative estimate of drug-likeness (QED) is 0.232. The van der Waals surface area contributed by atoms with Crippen LogP contribution in [0.15, 0.2) is 47.8 Å². The molecule has 0 bridgehead atoms. The lowest BCUT2D eigenvalue weighted by atomic mass is 10.0. The lowest BCUT2D eigenvalue weighted by molar-refractivity contribution is -0.116. The number of benzene rings is 2. The summed E-state index contributed by atoms with van der Waals surface area (Å²) in [7, 11) is 0. The maximum absolute atomic E-state index is 12.7. The first-order valence-electron chi connectivity index (χ1n) is 10.7. The zero-order chi connectivity index (χ0) is 23.8. The monoisotopic (exact) mass is 505 g/mol. The Kier molecular flexibility index (Phi) is 9.18. The number of halogens is 2. The molecular formula is C25H25Cl2NO4S. The van der Waals surface area contributed by atoms with Crippen LogP contribution in [-0.4, -0.2) is 25.1 Å². The molecule has 0 spiro atoms. The smallest absolute Gasteiger partial charge is 0.341 e. The van der Waals surface area contributed by atoms with Crippen molar-refractivity contribution in [3.05, 3.63) is 69.0 Å². The second-order valence-electron chi connectivity index (χ2n) is 7.20. The number of hydrogen-bond donors (Lipinski definition) is 1. The summed E-state index contributed by atoms with van der Waals surface area (Å²) in [5, 5.41) is 6.16. The molecule has 0 unspecified atom stereocenters. The molecule has 174 valence electrons. The number of rotatable bonds is 10. The number of carbonyl (C=O) groups is 2. The van der Waals surface area contributed by atoms with Crippen molar-refractivity contribution in [2.75, 3.05) is 18.5 Å². The maximum atomic E-state index is 12.7. The number of hydrogen-bond acceptors (Lipinski definition) is 5. The van der Waals surface area contributed by atoms with Crippen LogP contribution in [0.3, 0.4) is 0 Å². The third-order valence-electron chi connectivity index (χ3n) is 4.90. The molecule has 1 heterocycles. The van der Waals surface area contributed by atoms with E-state index in [0.29, 0.717) is 39.4 Å². The van der Waals surface area contributed by atoms with Crippen molar-refractivity contribution in [3.63, 3.8) is 0 Å². The molecule has 0 fully saturated rings. The Balaban J connectivity index is 1.65. The van der Waals surface area contributed by atoms with E-state index in [1.165, 1.54) is 16.9 Å². The fourth-order valence-electron chi connectivity index (χ4n) is 3.18. The van der Waals surface area contributed by atoms with Crippen molar-refractivity contribution in [2.45, 2.75) is 33.1 Å². The summed E-state index contributed by atoms with van der Waals surface area (Å²) in [5.74, 6) is -0.145. The second-order valence-corrected chi connectivity index (χ2v) is 8.92. The van der Waals surface area contributed by atoms with E-state index in [0.717, 1.165) is 17.5 Å². The Hall–Kier alpha value is -2.54. The third kappa shape index (κ3) is 6.73. The molecule has 0 atom stereocenters. The van der Waals surface area contributed by atoms with Crippen LogP contribution in [0.5, 0.6) is 5.75 Å². The highest BCUT2D eigenvalue weighted by Crippen LogP contribution is 2.36. The fourth-order valence-corrected chi connectivity index (χ4v) is 4.62. The number of amides is 1. The van der Waals surface area contributed by atoms with Crippen LogP contribution >= 0.6 is 34.5 Å². The highest BCUT2D eigenvalue weighted by Gasteiger charge is 2.22. The minimum absolute atomic E-state index is 0.207. The molecule has 2 aromatic carbocycles. The van der Waals surface area contributed by atoms with Gasteiger partial charge in [-0.3, -0.25) is 4.79 Å². The van der Waals surface area contributed by atoms with E-state index >= 15 is 0 Å². The number of carbonyl (C=O) groups excluding carboxylic acids is 2. The van der Waals surface area contributed by atoms with E-state index in [9.17, 15) is 9.59 Å². The summed E-state index contributed by atoms with van der Waals surface area (Å²) in [6.45, 7) is 4.41. The summed E-state index contributed by atoms with van der Waals surface area (Å²) in [6.07, 6.45) is 1.64. The van der Waals surface area contributed by atoms with Gasteiger partial charge < -0.3 is 14.8 Å². The van der Waals surface area contributed by atoms with Crippen LogP contribution in [0.1, 0.15) is 42.6 Å².